The molecule has 0 spiro atoms. The molecule has 0 fully saturated rings. The maximum atomic E-state index is 5.80. The Bertz CT molecular complexity index is 292. The van der Waals surface area contributed by atoms with E-state index in [9.17, 15) is 0 Å². The summed E-state index contributed by atoms with van der Waals surface area (Å²) >= 11 is 0. The van der Waals surface area contributed by atoms with Crippen LogP contribution < -0.4 is 5.73 Å². The molecule has 0 aliphatic carbocycles. The monoisotopic (exact) mass is 238 g/mol. The van der Waals surface area contributed by atoms with Gasteiger partial charge >= 0.3 is 0 Å². The van der Waals surface area contributed by atoms with Gasteiger partial charge in [0, 0.05) is 25.5 Å². The minimum Gasteiger partial charge on any atom is -0.330 e. The lowest BCUT2D eigenvalue weighted by atomic mass is 9.93. The van der Waals surface area contributed by atoms with Crippen molar-refractivity contribution in [1.29, 1.82) is 0 Å². The van der Waals surface area contributed by atoms with Crippen LogP contribution in [0, 0.1) is 5.41 Å². The smallest absolute Gasteiger partial charge is 0.0536 e. The number of aromatic nitrogens is 2. The third-order valence-corrected chi connectivity index (χ3v) is 2.95. The van der Waals surface area contributed by atoms with Crippen LogP contribution >= 0.6 is 0 Å². The molecular formula is C13H26N4. The molecule has 0 aromatic carbocycles. The van der Waals surface area contributed by atoms with Crippen LogP contribution in [-0.2, 0) is 6.54 Å². The predicted molar refractivity (Wildman–Crippen MR) is 71.8 cm³/mol. The van der Waals surface area contributed by atoms with Gasteiger partial charge in [0.25, 0.3) is 0 Å². The third kappa shape index (κ3) is 5.33. The van der Waals surface area contributed by atoms with Gasteiger partial charge < -0.3 is 10.6 Å². The average Bonchev–Trinajstić information content (AvgIpc) is 2.79. The Morgan fingerprint density at radius 1 is 1.35 bits per heavy atom. The lowest BCUT2D eigenvalue weighted by molar-refractivity contribution is 0.175. The number of hydrogen-bond acceptors (Lipinski definition) is 3. The molecule has 2 N–H and O–H groups in total. The van der Waals surface area contributed by atoms with Crippen molar-refractivity contribution < 1.29 is 0 Å². The molecule has 0 saturated heterocycles. The lowest BCUT2D eigenvalue weighted by Gasteiger charge is -2.31. The van der Waals surface area contributed by atoms with Crippen molar-refractivity contribution in [2.75, 3.05) is 26.2 Å². The van der Waals surface area contributed by atoms with Crippen LogP contribution in [0.15, 0.2) is 18.5 Å². The Balaban J connectivity index is 2.42. The Morgan fingerprint density at radius 3 is 2.65 bits per heavy atom. The van der Waals surface area contributed by atoms with Crippen molar-refractivity contribution in [3.05, 3.63) is 18.5 Å². The van der Waals surface area contributed by atoms with Crippen LogP contribution in [0.5, 0.6) is 0 Å². The summed E-state index contributed by atoms with van der Waals surface area (Å²) in [5.74, 6) is 0. The zero-order chi connectivity index (χ0) is 12.7. The molecule has 0 aliphatic rings. The Labute approximate surface area is 105 Å². The van der Waals surface area contributed by atoms with Gasteiger partial charge in [0.05, 0.1) is 6.54 Å². The lowest BCUT2D eigenvalue weighted by Crippen LogP contribution is -2.40. The summed E-state index contributed by atoms with van der Waals surface area (Å²) in [5, 5.41) is 4.23. The molecule has 98 valence electrons. The van der Waals surface area contributed by atoms with Crippen LogP contribution in [-0.4, -0.2) is 40.9 Å². The van der Waals surface area contributed by atoms with E-state index >= 15 is 0 Å². The fourth-order valence-electron chi connectivity index (χ4n) is 1.93. The van der Waals surface area contributed by atoms with E-state index in [4.69, 9.17) is 5.73 Å². The minimum absolute atomic E-state index is 0.194. The second-order valence-electron chi connectivity index (χ2n) is 5.41. The van der Waals surface area contributed by atoms with E-state index in [0.717, 1.165) is 32.7 Å². The molecule has 0 bridgehead atoms. The first-order valence-electron chi connectivity index (χ1n) is 6.47. The topological polar surface area (TPSA) is 47.1 Å². The van der Waals surface area contributed by atoms with Gasteiger partial charge in [-0.3, -0.25) is 4.68 Å². The number of nitrogens with two attached hydrogens (primary N) is 1. The molecule has 1 aromatic heterocycles. The van der Waals surface area contributed by atoms with Gasteiger partial charge in [-0.1, -0.05) is 20.8 Å². The number of nitrogens with zero attached hydrogens (tertiary/aromatic N) is 3. The Kier molecular flexibility index (Phi) is 5.65. The van der Waals surface area contributed by atoms with Gasteiger partial charge in [-0.25, -0.2) is 0 Å². The van der Waals surface area contributed by atoms with Gasteiger partial charge in [0.15, 0.2) is 0 Å². The molecule has 1 aromatic rings. The van der Waals surface area contributed by atoms with Crippen molar-refractivity contribution in [3.8, 4) is 0 Å². The number of rotatable bonds is 8. The van der Waals surface area contributed by atoms with Crippen LogP contribution in [0.4, 0.5) is 0 Å². The highest BCUT2D eigenvalue weighted by atomic mass is 15.3. The molecule has 17 heavy (non-hydrogen) atoms. The molecule has 0 aliphatic heterocycles. The van der Waals surface area contributed by atoms with Crippen molar-refractivity contribution >= 4 is 0 Å². The molecule has 0 amide bonds. The van der Waals surface area contributed by atoms with Gasteiger partial charge in [-0.2, -0.15) is 5.10 Å². The SMILES string of the molecule is CCCN(CCn1cccn1)CC(C)(C)CN. The second kappa shape index (κ2) is 6.77. The summed E-state index contributed by atoms with van der Waals surface area (Å²) in [4.78, 5) is 2.48. The van der Waals surface area contributed by atoms with E-state index in [2.05, 4.69) is 30.8 Å². The number of hydrogen-bond donors (Lipinski definition) is 1. The van der Waals surface area contributed by atoms with E-state index < -0.39 is 0 Å². The zero-order valence-corrected chi connectivity index (χ0v) is 11.4. The van der Waals surface area contributed by atoms with E-state index in [1.54, 1.807) is 0 Å². The van der Waals surface area contributed by atoms with Crippen molar-refractivity contribution in [3.63, 3.8) is 0 Å². The largest absolute Gasteiger partial charge is 0.330 e. The summed E-state index contributed by atoms with van der Waals surface area (Å²) in [7, 11) is 0. The first-order chi connectivity index (χ1) is 8.07. The van der Waals surface area contributed by atoms with Crippen molar-refractivity contribution in [2.24, 2.45) is 11.1 Å². The van der Waals surface area contributed by atoms with Gasteiger partial charge in [-0.15, -0.1) is 0 Å². The summed E-state index contributed by atoms with van der Waals surface area (Å²) < 4.78 is 1.98. The van der Waals surface area contributed by atoms with Crippen LogP contribution in [0.25, 0.3) is 0 Å². The predicted octanol–water partition coefficient (Wildman–Crippen LogP) is 1.58. The second-order valence-corrected chi connectivity index (χ2v) is 5.41. The summed E-state index contributed by atoms with van der Waals surface area (Å²) in [6.45, 7) is 11.6. The molecule has 0 unspecified atom stereocenters. The van der Waals surface area contributed by atoms with Gasteiger partial charge in [0.1, 0.15) is 0 Å². The minimum atomic E-state index is 0.194. The van der Waals surface area contributed by atoms with Crippen molar-refractivity contribution in [2.45, 2.75) is 33.7 Å². The molecule has 1 rings (SSSR count). The first kappa shape index (κ1) is 14.2. The molecule has 0 atom stereocenters. The van der Waals surface area contributed by atoms with Crippen LogP contribution in [0.1, 0.15) is 27.2 Å². The molecule has 4 heteroatoms. The normalized spacial score (nSPS) is 12.3. The maximum absolute atomic E-state index is 5.80. The third-order valence-electron chi connectivity index (χ3n) is 2.95. The summed E-state index contributed by atoms with van der Waals surface area (Å²) in [6, 6.07) is 1.97. The maximum Gasteiger partial charge on any atom is 0.0536 e. The highest BCUT2D eigenvalue weighted by Crippen LogP contribution is 2.15. The Hall–Kier alpha value is -0.870. The first-order valence-corrected chi connectivity index (χ1v) is 6.47. The van der Waals surface area contributed by atoms with Crippen LogP contribution in [0.3, 0.4) is 0 Å². The highest BCUT2D eigenvalue weighted by molar-refractivity contribution is 4.79. The van der Waals surface area contributed by atoms with Gasteiger partial charge in [-0.05, 0) is 31.0 Å². The standard InChI is InChI=1S/C13H26N4/c1-4-7-16(12-13(2,3)11-14)9-10-17-8-5-6-15-17/h5-6,8H,4,7,9-12,14H2,1-3H3. The van der Waals surface area contributed by atoms with Crippen LogP contribution in [0.2, 0.25) is 0 Å². The van der Waals surface area contributed by atoms with E-state index in [0.29, 0.717) is 0 Å². The van der Waals surface area contributed by atoms with Crippen molar-refractivity contribution in [1.82, 2.24) is 14.7 Å². The zero-order valence-electron chi connectivity index (χ0n) is 11.4. The quantitative estimate of drug-likeness (QED) is 0.748. The molecule has 1 heterocycles. The van der Waals surface area contributed by atoms with E-state index in [-0.39, 0.29) is 5.41 Å². The Morgan fingerprint density at radius 2 is 2.12 bits per heavy atom. The molecule has 0 radical (unpaired) electrons. The summed E-state index contributed by atoms with van der Waals surface area (Å²) in [5.41, 5.74) is 5.99. The molecule has 0 saturated carbocycles. The van der Waals surface area contributed by atoms with E-state index in [1.807, 2.05) is 23.1 Å². The molecular weight excluding hydrogens is 212 g/mol. The summed E-state index contributed by atoms with van der Waals surface area (Å²) in [6.07, 6.45) is 5.02. The van der Waals surface area contributed by atoms with E-state index in [1.165, 1.54) is 6.42 Å². The average molecular weight is 238 g/mol. The fourth-order valence-corrected chi connectivity index (χ4v) is 1.93. The molecule has 4 nitrogen and oxygen atoms in total. The van der Waals surface area contributed by atoms with Gasteiger partial charge in [0.2, 0.25) is 0 Å². The highest BCUT2D eigenvalue weighted by Gasteiger charge is 2.19. The fraction of sp³-hybridized carbons (Fsp3) is 0.769.